The molecule has 0 atom stereocenters. The van der Waals surface area contributed by atoms with Crippen molar-refractivity contribution in [2.45, 2.75) is 5.33 Å². The molecule has 78 valence electrons. The summed E-state index contributed by atoms with van der Waals surface area (Å²) in [5.74, 6) is -0.385. The fourth-order valence-corrected chi connectivity index (χ4v) is 2.64. The van der Waals surface area contributed by atoms with E-state index < -0.39 is 0 Å². The van der Waals surface area contributed by atoms with Crippen LogP contribution in [0.15, 0.2) is 24.4 Å². The number of aromatic nitrogens is 1. The molecular weight excluding hydrogens is 301 g/mol. The second-order valence-electron chi connectivity index (χ2n) is 2.85. The molecule has 0 saturated heterocycles. The highest BCUT2D eigenvalue weighted by atomic mass is 79.9. The first-order valence-corrected chi connectivity index (χ1v) is 6.49. The van der Waals surface area contributed by atoms with Gasteiger partial charge in [0.25, 0.3) is 0 Å². The summed E-state index contributed by atoms with van der Waals surface area (Å²) in [7, 11) is 0. The molecule has 5 heteroatoms. The maximum absolute atomic E-state index is 13.6. The van der Waals surface area contributed by atoms with Crippen LogP contribution in [0.3, 0.4) is 0 Å². The molecule has 1 aromatic carbocycles. The number of nitrogens with zero attached hydrogens (tertiary/aromatic N) is 1. The zero-order valence-electron chi connectivity index (χ0n) is 7.51. The monoisotopic (exact) mass is 305 g/mol. The van der Waals surface area contributed by atoms with Crippen LogP contribution in [0.2, 0.25) is 5.02 Å². The second-order valence-corrected chi connectivity index (χ2v) is 4.94. The topological polar surface area (TPSA) is 12.9 Å². The molecule has 0 unspecified atom stereocenters. The van der Waals surface area contributed by atoms with E-state index in [0.29, 0.717) is 10.9 Å². The predicted molar refractivity (Wildman–Crippen MR) is 65.1 cm³/mol. The Morgan fingerprint density at radius 1 is 1.47 bits per heavy atom. The van der Waals surface area contributed by atoms with Gasteiger partial charge in [0.05, 0.1) is 15.2 Å². The maximum atomic E-state index is 13.6. The van der Waals surface area contributed by atoms with Crippen LogP contribution in [0.5, 0.6) is 0 Å². The van der Waals surface area contributed by atoms with E-state index in [1.165, 1.54) is 17.4 Å². The lowest BCUT2D eigenvalue weighted by molar-refractivity contribution is 0.632. The van der Waals surface area contributed by atoms with Crippen LogP contribution in [0.25, 0.3) is 10.4 Å². The number of halogens is 3. The quantitative estimate of drug-likeness (QED) is 0.745. The summed E-state index contributed by atoms with van der Waals surface area (Å²) in [4.78, 5) is 4.94. The van der Waals surface area contributed by atoms with Gasteiger partial charge in [-0.1, -0.05) is 39.7 Å². The lowest BCUT2D eigenvalue weighted by atomic mass is 10.2. The van der Waals surface area contributed by atoms with Gasteiger partial charge in [0.1, 0.15) is 10.8 Å². The van der Waals surface area contributed by atoms with Gasteiger partial charge in [-0.05, 0) is 6.07 Å². The van der Waals surface area contributed by atoms with Crippen molar-refractivity contribution in [3.63, 3.8) is 0 Å². The van der Waals surface area contributed by atoms with Crippen LogP contribution >= 0.6 is 38.9 Å². The third kappa shape index (κ3) is 2.22. The van der Waals surface area contributed by atoms with E-state index in [2.05, 4.69) is 20.9 Å². The highest BCUT2D eigenvalue weighted by Crippen LogP contribution is 2.31. The highest BCUT2D eigenvalue weighted by Gasteiger charge is 2.10. The molecule has 0 aliphatic heterocycles. The molecule has 0 bridgehead atoms. The first-order chi connectivity index (χ1) is 7.22. The summed E-state index contributed by atoms with van der Waals surface area (Å²) >= 11 is 10.5. The standard InChI is InChI=1S/C10H6BrClFNS/c11-4-9-14-5-8(15-9)6-2-1-3-7(12)10(6)13/h1-3,5H,4H2. The van der Waals surface area contributed by atoms with Crippen molar-refractivity contribution in [1.29, 1.82) is 0 Å². The van der Waals surface area contributed by atoms with Gasteiger partial charge in [0.15, 0.2) is 0 Å². The van der Waals surface area contributed by atoms with Crippen molar-refractivity contribution in [2.24, 2.45) is 0 Å². The van der Waals surface area contributed by atoms with Crippen LogP contribution < -0.4 is 0 Å². The van der Waals surface area contributed by atoms with Gasteiger partial charge in [-0.15, -0.1) is 11.3 Å². The van der Waals surface area contributed by atoms with E-state index in [-0.39, 0.29) is 10.8 Å². The molecular formula is C10H6BrClFNS. The lowest BCUT2D eigenvalue weighted by Gasteiger charge is -2.00. The summed E-state index contributed by atoms with van der Waals surface area (Å²) in [5.41, 5.74) is 0.507. The fourth-order valence-electron chi connectivity index (χ4n) is 1.19. The van der Waals surface area contributed by atoms with Gasteiger partial charge in [-0.3, -0.25) is 0 Å². The summed E-state index contributed by atoms with van der Waals surface area (Å²) in [6.07, 6.45) is 1.66. The molecule has 1 nitrogen and oxygen atoms in total. The number of benzene rings is 1. The zero-order chi connectivity index (χ0) is 10.8. The van der Waals surface area contributed by atoms with E-state index in [4.69, 9.17) is 11.6 Å². The van der Waals surface area contributed by atoms with E-state index in [9.17, 15) is 4.39 Å². The SMILES string of the molecule is Fc1c(Cl)cccc1-c1cnc(CBr)s1. The molecule has 2 aromatic rings. The number of hydrogen-bond acceptors (Lipinski definition) is 2. The molecule has 0 radical (unpaired) electrons. The average Bonchev–Trinajstić information content (AvgIpc) is 2.70. The minimum absolute atomic E-state index is 0.140. The Hall–Kier alpha value is -0.450. The molecule has 0 aliphatic carbocycles. The van der Waals surface area contributed by atoms with Crippen molar-refractivity contribution < 1.29 is 4.39 Å². The smallest absolute Gasteiger partial charge is 0.150 e. The molecule has 0 amide bonds. The van der Waals surface area contributed by atoms with Crippen LogP contribution in [0, 0.1) is 5.82 Å². The van der Waals surface area contributed by atoms with Gasteiger partial charge in [0, 0.05) is 11.8 Å². The van der Waals surface area contributed by atoms with E-state index in [1.807, 2.05) is 0 Å². The van der Waals surface area contributed by atoms with Gasteiger partial charge in [-0.25, -0.2) is 9.37 Å². The van der Waals surface area contributed by atoms with E-state index in [0.717, 1.165) is 9.88 Å². The van der Waals surface area contributed by atoms with Gasteiger partial charge >= 0.3 is 0 Å². The van der Waals surface area contributed by atoms with E-state index >= 15 is 0 Å². The zero-order valence-corrected chi connectivity index (χ0v) is 10.7. The molecule has 0 spiro atoms. The second kappa shape index (κ2) is 4.60. The van der Waals surface area contributed by atoms with Gasteiger partial charge in [0.2, 0.25) is 0 Å². The van der Waals surface area contributed by atoms with E-state index in [1.54, 1.807) is 18.3 Å². The molecule has 1 heterocycles. The Balaban J connectivity index is 2.49. The van der Waals surface area contributed by atoms with Crippen molar-refractivity contribution in [1.82, 2.24) is 4.98 Å². The van der Waals surface area contributed by atoms with Gasteiger partial charge < -0.3 is 0 Å². The fraction of sp³-hybridized carbons (Fsp3) is 0.100. The Kier molecular flexibility index (Phi) is 3.38. The largest absolute Gasteiger partial charge is 0.248 e. The predicted octanol–water partition coefficient (Wildman–Crippen LogP) is 4.50. The molecule has 0 N–H and O–H groups in total. The molecule has 0 aliphatic rings. The summed E-state index contributed by atoms with van der Waals surface area (Å²) in [6, 6.07) is 4.97. The minimum atomic E-state index is -0.385. The van der Waals surface area contributed by atoms with Crippen LogP contribution in [-0.2, 0) is 5.33 Å². The molecule has 1 aromatic heterocycles. The minimum Gasteiger partial charge on any atom is -0.248 e. The summed E-state index contributed by atoms with van der Waals surface area (Å²) in [5, 5.41) is 1.74. The molecule has 0 saturated carbocycles. The first kappa shape index (κ1) is 11.0. The normalized spacial score (nSPS) is 10.6. The Morgan fingerprint density at radius 2 is 2.27 bits per heavy atom. The Morgan fingerprint density at radius 3 is 2.93 bits per heavy atom. The average molecular weight is 307 g/mol. The molecule has 0 fully saturated rings. The number of alkyl halides is 1. The number of thiazole rings is 1. The molecule has 2 rings (SSSR count). The van der Waals surface area contributed by atoms with Crippen molar-refractivity contribution in [2.75, 3.05) is 0 Å². The third-order valence-corrected chi connectivity index (χ3v) is 4.11. The Labute approximate surface area is 104 Å². The summed E-state index contributed by atoms with van der Waals surface area (Å²) in [6.45, 7) is 0. The Bertz CT molecular complexity index is 486. The van der Waals surface area contributed by atoms with Crippen LogP contribution in [0.1, 0.15) is 5.01 Å². The van der Waals surface area contributed by atoms with Crippen LogP contribution in [0.4, 0.5) is 4.39 Å². The number of rotatable bonds is 2. The number of hydrogen-bond donors (Lipinski definition) is 0. The van der Waals surface area contributed by atoms with Crippen molar-refractivity contribution >= 4 is 38.9 Å². The summed E-state index contributed by atoms with van der Waals surface area (Å²) < 4.78 is 13.6. The first-order valence-electron chi connectivity index (χ1n) is 4.17. The van der Waals surface area contributed by atoms with Crippen molar-refractivity contribution in [3.8, 4) is 10.4 Å². The van der Waals surface area contributed by atoms with Crippen LogP contribution in [-0.4, -0.2) is 4.98 Å². The maximum Gasteiger partial charge on any atom is 0.150 e. The van der Waals surface area contributed by atoms with Gasteiger partial charge in [-0.2, -0.15) is 0 Å². The molecule has 15 heavy (non-hydrogen) atoms. The van der Waals surface area contributed by atoms with Crippen molar-refractivity contribution in [3.05, 3.63) is 40.2 Å². The highest BCUT2D eigenvalue weighted by molar-refractivity contribution is 9.08. The lowest BCUT2D eigenvalue weighted by Crippen LogP contribution is -1.81. The third-order valence-electron chi connectivity index (χ3n) is 1.88.